The van der Waals surface area contributed by atoms with Gasteiger partial charge >= 0.3 is 0 Å². The van der Waals surface area contributed by atoms with E-state index in [-0.39, 0.29) is 5.54 Å². The minimum atomic E-state index is 0.275. The van der Waals surface area contributed by atoms with E-state index in [0.717, 1.165) is 32.6 Å². The van der Waals surface area contributed by atoms with Crippen LogP contribution in [0.3, 0.4) is 0 Å². The lowest BCUT2D eigenvalue weighted by Crippen LogP contribution is -2.65. The second-order valence-corrected chi connectivity index (χ2v) is 3.45. The van der Waals surface area contributed by atoms with E-state index in [1.807, 2.05) is 0 Å². The van der Waals surface area contributed by atoms with E-state index < -0.39 is 0 Å². The Morgan fingerprint density at radius 1 is 1.50 bits per heavy atom. The van der Waals surface area contributed by atoms with Crippen LogP contribution >= 0.6 is 0 Å². The van der Waals surface area contributed by atoms with Crippen molar-refractivity contribution in [3.05, 3.63) is 0 Å². The van der Waals surface area contributed by atoms with Crippen LogP contribution in [0.25, 0.3) is 0 Å². The molecule has 1 unspecified atom stereocenters. The Morgan fingerprint density at radius 2 is 2.30 bits per heavy atom. The summed E-state index contributed by atoms with van der Waals surface area (Å²) < 4.78 is 5.15. The lowest BCUT2D eigenvalue weighted by molar-refractivity contribution is -0.0887. The van der Waals surface area contributed by atoms with Crippen LogP contribution in [0.4, 0.5) is 0 Å². The molecule has 2 saturated heterocycles. The Balaban J connectivity index is 1.96. The highest BCUT2D eigenvalue weighted by Gasteiger charge is 2.41. The zero-order valence-corrected chi connectivity index (χ0v) is 6.10. The van der Waals surface area contributed by atoms with Crippen LogP contribution in [0.5, 0.6) is 0 Å². The van der Waals surface area contributed by atoms with Crippen LogP contribution in [0, 0.1) is 0 Å². The Morgan fingerprint density at radius 3 is 2.70 bits per heavy atom. The highest BCUT2D eigenvalue weighted by Crippen LogP contribution is 2.25. The predicted molar refractivity (Wildman–Crippen MR) is 38.8 cm³/mol. The molecule has 0 bridgehead atoms. The third kappa shape index (κ3) is 0.944. The number of ether oxygens (including phenoxy) is 1. The van der Waals surface area contributed by atoms with Crippen molar-refractivity contribution in [1.82, 2.24) is 5.32 Å². The van der Waals surface area contributed by atoms with Gasteiger partial charge in [0.05, 0.1) is 18.8 Å². The average molecular weight is 142 g/mol. The summed E-state index contributed by atoms with van der Waals surface area (Å²) in [5.41, 5.74) is 6.10. The van der Waals surface area contributed by atoms with Crippen LogP contribution in [0.1, 0.15) is 12.8 Å². The number of piperidine rings is 1. The van der Waals surface area contributed by atoms with Gasteiger partial charge < -0.3 is 15.8 Å². The van der Waals surface area contributed by atoms with E-state index in [2.05, 4.69) is 5.32 Å². The van der Waals surface area contributed by atoms with Crippen molar-refractivity contribution in [3.63, 3.8) is 0 Å². The van der Waals surface area contributed by atoms with Crippen molar-refractivity contribution in [2.45, 2.75) is 24.4 Å². The van der Waals surface area contributed by atoms with Crippen LogP contribution < -0.4 is 11.1 Å². The topological polar surface area (TPSA) is 47.3 Å². The first kappa shape index (κ1) is 6.58. The molecule has 0 amide bonds. The molecule has 0 aromatic rings. The van der Waals surface area contributed by atoms with Gasteiger partial charge in [-0.1, -0.05) is 0 Å². The standard InChI is InChI=1S/C7H14N2O/c8-6-1-2-9-7(3-6)4-10-5-7/h6,9H,1-5,8H2. The summed E-state index contributed by atoms with van der Waals surface area (Å²) in [6, 6.07) is 0.394. The van der Waals surface area contributed by atoms with Crippen molar-refractivity contribution in [2.75, 3.05) is 19.8 Å². The molecule has 0 aromatic heterocycles. The van der Waals surface area contributed by atoms with Crippen LogP contribution in [-0.2, 0) is 4.74 Å². The SMILES string of the molecule is NC1CCNC2(COC2)C1. The van der Waals surface area contributed by atoms with Crippen LogP contribution in [-0.4, -0.2) is 31.3 Å². The number of nitrogens with one attached hydrogen (secondary N) is 1. The molecule has 10 heavy (non-hydrogen) atoms. The van der Waals surface area contributed by atoms with Gasteiger partial charge in [-0.3, -0.25) is 0 Å². The zero-order valence-electron chi connectivity index (χ0n) is 6.10. The first-order valence-corrected chi connectivity index (χ1v) is 3.89. The average Bonchev–Trinajstić information content (AvgIpc) is 1.85. The second-order valence-electron chi connectivity index (χ2n) is 3.45. The molecule has 0 radical (unpaired) electrons. The lowest BCUT2D eigenvalue weighted by Gasteiger charge is -2.46. The predicted octanol–water partition coefficient (Wildman–Crippen LogP) is -0.534. The van der Waals surface area contributed by atoms with Gasteiger partial charge in [-0.2, -0.15) is 0 Å². The Bertz CT molecular complexity index is 134. The summed E-state index contributed by atoms with van der Waals surface area (Å²) in [4.78, 5) is 0. The Labute approximate surface area is 60.9 Å². The number of nitrogens with two attached hydrogens (primary N) is 1. The van der Waals surface area contributed by atoms with Gasteiger partial charge in [0.1, 0.15) is 0 Å². The number of hydrogen-bond donors (Lipinski definition) is 2. The summed E-state index contributed by atoms with van der Waals surface area (Å²) in [5.74, 6) is 0. The summed E-state index contributed by atoms with van der Waals surface area (Å²) in [6.45, 7) is 2.78. The highest BCUT2D eigenvalue weighted by atomic mass is 16.5. The van der Waals surface area contributed by atoms with Gasteiger partial charge in [0.2, 0.25) is 0 Å². The highest BCUT2D eigenvalue weighted by molar-refractivity contribution is 4.99. The maximum absolute atomic E-state index is 5.82. The normalized spacial score (nSPS) is 37.5. The Hall–Kier alpha value is -0.120. The van der Waals surface area contributed by atoms with Crippen molar-refractivity contribution in [3.8, 4) is 0 Å². The zero-order chi connectivity index (χ0) is 7.03. The fourth-order valence-corrected chi connectivity index (χ4v) is 1.77. The minimum Gasteiger partial charge on any atom is -0.377 e. The molecule has 0 saturated carbocycles. The van der Waals surface area contributed by atoms with E-state index in [1.54, 1.807) is 0 Å². The molecule has 58 valence electrons. The second kappa shape index (κ2) is 2.19. The molecule has 0 aliphatic carbocycles. The summed E-state index contributed by atoms with van der Waals surface area (Å²) in [5, 5.41) is 3.46. The molecule has 2 rings (SSSR count). The van der Waals surface area contributed by atoms with Crippen LogP contribution in [0.15, 0.2) is 0 Å². The van der Waals surface area contributed by atoms with E-state index in [1.165, 1.54) is 0 Å². The lowest BCUT2D eigenvalue weighted by atomic mass is 9.85. The van der Waals surface area contributed by atoms with E-state index in [0.29, 0.717) is 6.04 Å². The van der Waals surface area contributed by atoms with Gasteiger partial charge in [0.15, 0.2) is 0 Å². The smallest absolute Gasteiger partial charge is 0.0672 e. The van der Waals surface area contributed by atoms with Gasteiger partial charge in [-0.05, 0) is 19.4 Å². The summed E-state index contributed by atoms with van der Waals surface area (Å²) in [7, 11) is 0. The van der Waals surface area contributed by atoms with E-state index >= 15 is 0 Å². The van der Waals surface area contributed by atoms with E-state index in [4.69, 9.17) is 10.5 Å². The fraction of sp³-hybridized carbons (Fsp3) is 1.00. The molecule has 2 aliphatic rings. The fourth-order valence-electron chi connectivity index (χ4n) is 1.77. The molecule has 1 atom stereocenters. The molecule has 3 N–H and O–H groups in total. The third-order valence-electron chi connectivity index (χ3n) is 2.42. The first-order chi connectivity index (χ1) is 4.81. The third-order valence-corrected chi connectivity index (χ3v) is 2.42. The summed E-state index contributed by atoms with van der Waals surface area (Å²) >= 11 is 0. The molecule has 3 heteroatoms. The number of rotatable bonds is 0. The number of hydrogen-bond acceptors (Lipinski definition) is 3. The van der Waals surface area contributed by atoms with Crippen molar-refractivity contribution < 1.29 is 4.74 Å². The maximum atomic E-state index is 5.82. The van der Waals surface area contributed by atoms with Crippen molar-refractivity contribution in [1.29, 1.82) is 0 Å². The van der Waals surface area contributed by atoms with Gasteiger partial charge in [0, 0.05) is 6.04 Å². The van der Waals surface area contributed by atoms with Gasteiger partial charge in [-0.25, -0.2) is 0 Å². The van der Waals surface area contributed by atoms with Crippen molar-refractivity contribution in [2.24, 2.45) is 5.73 Å². The molecule has 2 fully saturated rings. The van der Waals surface area contributed by atoms with Gasteiger partial charge in [-0.15, -0.1) is 0 Å². The molecule has 1 spiro atoms. The quantitative estimate of drug-likeness (QED) is 0.478. The monoisotopic (exact) mass is 142 g/mol. The molecule has 2 aliphatic heterocycles. The molecular weight excluding hydrogens is 128 g/mol. The first-order valence-electron chi connectivity index (χ1n) is 3.89. The largest absolute Gasteiger partial charge is 0.377 e. The minimum absolute atomic E-state index is 0.275. The summed E-state index contributed by atoms with van der Waals surface area (Å²) in [6.07, 6.45) is 2.20. The molecule has 3 nitrogen and oxygen atoms in total. The molecule has 0 aromatic carbocycles. The van der Waals surface area contributed by atoms with E-state index in [9.17, 15) is 0 Å². The molecular formula is C7H14N2O. The van der Waals surface area contributed by atoms with Crippen LogP contribution in [0.2, 0.25) is 0 Å². The van der Waals surface area contributed by atoms with Gasteiger partial charge in [0.25, 0.3) is 0 Å². The Kier molecular flexibility index (Phi) is 1.44. The molecule has 2 heterocycles. The maximum Gasteiger partial charge on any atom is 0.0672 e. The van der Waals surface area contributed by atoms with Crippen molar-refractivity contribution >= 4 is 0 Å².